The van der Waals surface area contributed by atoms with Gasteiger partial charge in [-0.2, -0.15) is 17.2 Å². The summed E-state index contributed by atoms with van der Waals surface area (Å²) in [6.07, 6.45) is 2.98. The van der Waals surface area contributed by atoms with Crippen molar-refractivity contribution in [2.75, 3.05) is 19.8 Å². The van der Waals surface area contributed by atoms with Crippen LogP contribution in [0.15, 0.2) is 0 Å². The number of hydrogen-bond acceptors (Lipinski definition) is 10. The molecule has 14 heteroatoms. The summed E-state index contributed by atoms with van der Waals surface area (Å²) in [5.74, 6) is -6.43. The van der Waals surface area contributed by atoms with Crippen molar-refractivity contribution in [1.29, 1.82) is 0 Å². The molecule has 2 N–H and O–H groups in total. The lowest BCUT2D eigenvalue weighted by Crippen LogP contribution is -2.58. The number of esters is 3. The van der Waals surface area contributed by atoms with Crippen molar-refractivity contribution in [3.63, 3.8) is 0 Å². The highest BCUT2D eigenvalue weighted by molar-refractivity contribution is 7.87. The predicted molar refractivity (Wildman–Crippen MR) is 119 cm³/mol. The number of aliphatic hydroxyl groups is 1. The standard InChI is InChI=1S/C24H30F2O11S/c25-24(26,38(31,32)33)21(30)37-18-13-4-14-16(20(29)36-17(14)18)15(13)19(28)34-10-22-5-11-3-12(6-22)8-23(7-11,9-22)35-2-1-27/h11-18,27H,1-10H2,(H,31,32,33). The number of fused-ring (bicyclic) bond motifs is 1. The van der Waals surface area contributed by atoms with Gasteiger partial charge < -0.3 is 24.1 Å². The SMILES string of the molecule is O=C1OC2C3CC(C2OC(=O)C(F)(F)S(=O)(=O)O)C(C(=O)OCC24CC5CC(C2)CC(OCCO)(C5)C4)C13. The van der Waals surface area contributed by atoms with Gasteiger partial charge in [0.25, 0.3) is 0 Å². The lowest BCUT2D eigenvalue weighted by atomic mass is 9.48. The van der Waals surface area contributed by atoms with Gasteiger partial charge in [0.1, 0.15) is 12.2 Å². The Morgan fingerprint density at radius 3 is 2.42 bits per heavy atom. The van der Waals surface area contributed by atoms with Crippen LogP contribution in [0.25, 0.3) is 0 Å². The number of ether oxygens (including phenoxy) is 4. The second-order valence-electron chi connectivity index (χ2n) is 12.2. The van der Waals surface area contributed by atoms with Gasteiger partial charge >= 0.3 is 33.3 Å². The van der Waals surface area contributed by atoms with Crippen LogP contribution >= 0.6 is 0 Å². The first-order chi connectivity index (χ1) is 17.8. The van der Waals surface area contributed by atoms with Crippen molar-refractivity contribution in [1.82, 2.24) is 0 Å². The number of alkyl halides is 2. The van der Waals surface area contributed by atoms with Crippen LogP contribution in [-0.4, -0.2) is 78.9 Å². The second-order valence-corrected chi connectivity index (χ2v) is 13.7. The fourth-order valence-corrected chi connectivity index (χ4v) is 9.31. The van der Waals surface area contributed by atoms with Crippen LogP contribution in [0.1, 0.15) is 44.9 Å². The first-order valence-electron chi connectivity index (χ1n) is 13.0. The van der Waals surface area contributed by atoms with Crippen molar-refractivity contribution >= 4 is 28.0 Å². The quantitative estimate of drug-likeness (QED) is 0.234. The molecule has 6 saturated carbocycles. The summed E-state index contributed by atoms with van der Waals surface area (Å²) in [6.45, 7) is 0.263. The number of carbonyl (C=O) groups excluding carboxylic acids is 3. The molecule has 1 saturated heterocycles. The number of aliphatic hydroxyl groups excluding tert-OH is 1. The zero-order valence-corrected chi connectivity index (χ0v) is 21.2. The second kappa shape index (κ2) is 8.55. The number of rotatable bonds is 9. The van der Waals surface area contributed by atoms with Gasteiger partial charge in [-0.3, -0.25) is 14.1 Å². The van der Waals surface area contributed by atoms with E-state index in [1.165, 1.54) is 0 Å². The van der Waals surface area contributed by atoms with E-state index < -0.39 is 69.2 Å². The fraction of sp³-hybridized carbons (Fsp3) is 0.875. The average molecular weight is 565 g/mol. The van der Waals surface area contributed by atoms with Gasteiger partial charge in [-0.25, -0.2) is 4.79 Å². The van der Waals surface area contributed by atoms with Crippen molar-refractivity contribution in [2.24, 2.45) is 40.9 Å². The zero-order valence-electron chi connectivity index (χ0n) is 20.4. The molecule has 1 aliphatic heterocycles. The molecule has 1 heterocycles. The number of carbonyl (C=O) groups is 3. The van der Waals surface area contributed by atoms with Crippen molar-refractivity contribution in [2.45, 2.75) is 68.0 Å². The van der Waals surface area contributed by atoms with Gasteiger partial charge in [-0.1, -0.05) is 0 Å². The van der Waals surface area contributed by atoms with Crippen LogP contribution in [0, 0.1) is 40.9 Å². The Morgan fingerprint density at radius 2 is 1.79 bits per heavy atom. The molecule has 7 rings (SSSR count). The Labute approximate surface area is 217 Å². The van der Waals surface area contributed by atoms with Gasteiger partial charge in [0, 0.05) is 17.3 Å². The van der Waals surface area contributed by atoms with E-state index in [0.717, 1.165) is 32.1 Å². The molecule has 212 valence electrons. The minimum Gasteiger partial charge on any atom is -0.465 e. The maximum absolute atomic E-state index is 13.8. The molecule has 8 atom stereocenters. The third kappa shape index (κ3) is 3.88. The molecule has 0 aromatic carbocycles. The van der Waals surface area contributed by atoms with E-state index in [2.05, 4.69) is 0 Å². The van der Waals surface area contributed by atoms with Gasteiger partial charge in [0.15, 0.2) is 0 Å². The van der Waals surface area contributed by atoms with E-state index >= 15 is 0 Å². The fourth-order valence-electron chi connectivity index (χ4n) is 9.05. The summed E-state index contributed by atoms with van der Waals surface area (Å²) in [4.78, 5) is 37.9. The molecule has 7 fully saturated rings. The van der Waals surface area contributed by atoms with Gasteiger partial charge in [0.05, 0.1) is 37.3 Å². The van der Waals surface area contributed by atoms with Crippen molar-refractivity contribution < 1.29 is 60.2 Å². The van der Waals surface area contributed by atoms with Crippen LogP contribution < -0.4 is 0 Å². The Morgan fingerprint density at radius 1 is 1.11 bits per heavy atom. The number of halogens is 2. The van der Waals surface area contributed by atoms with Crippen LogP contribution in [0.5, 0.6) is 0 Å². The highest BCUT2D eigenvalue weighted by atomic mass is 32.2. The van der Waals surface area contributed by atoms with Crippen LogP contribution in [-0.2, 0) is 43.4 Å². The van der Waals surface area contributed by atoms with E-state index in [1.54, 1.807) is 0 Å². The third-order valence-corrected chi connectivity index (χ3v) is 10.6. The monoisotopic (exact) mass is 564 g/mol. The molecular formula is C24H30F2O11S. The minimum atomic E-state index is -6.08. The van der Waals surface area contributed by atoms with Gasteiger partial charge in [0.2, 0.25) is 0 Å². The minimum absolute atomic E-state index is 0.0797. The predicted octanol–water partition coefficient (Wildman–Crippen LogP) is 1.08. The van der Waals surface area contributed by atoms with E-state index in [1.807, 2.05) is 0 Å². The molecule has 0 spiro atoms. The Bertz CT molecular complexity index is 1140. The topological polar surface area (TPSA) is 163 Å². The van der Waals surface area contributed by atoms with E-state index in [9.17, 15) is 36.7 Å². The smallest absolute Gasteiger partial charge is 0.465 e. The molecule has 7 aliphatic rings. The van der Waals surface area contributed by atoms with Crippen LogP contribution in [0.3, 0.4) is 0 Å². The molecule has 8 unspecified atom stereocenters. The number of hydrogen-bond donors (Lipinski definition) is 2. The molecule has 38 heavy (non-hydrogen) atoms. The molecule has 6 aliphatic carbocycles. The lowest BCUT2D eigenvalue weighted by molar-refractivity contribution is -0.211. The Balaban J connectivity index is 1.17. The summed E-state index contributed by atoms with van der Waals surface area (Å²) < 4.78 is 80.3. The summed E-state index contributed by atoms with van der Waals surface area (Å²) in [6, 6.07) is 0. The molecule has 11 nitrogen and oxygen atoms in total. The highest BCUT2D eigenvalue weighted by Crippen LogP contribution is 2.63. The van der Waals surface area contributed by atoms with Gasteiger partial charge in [-0.05, 0) is 56.8 Å². The Hall–Kier alpha value is -1.90. The summed E-state index contributed by atoms with van der Waals surface area (Å²) in [5, 5.41) is 4.06. The Kier molecular flexibility index (Phi) is 5.92. The molecule has 0 aromatic rings. The summed E-state index contributed by atoms with van der Waals surface area (Å²) >= 11 is 0. The maximum atomic E-state index is 13.8. The highest BCUT2D eigenvalue weighted by Gasteiger charge is 2.71. The third-order valence-electron chi connectivity index (χ3n) is 9.77. The van der Waals surface area contributed by atoms with E-state index in [-0.39, 0.29) is 37.3 Å². The average Bonchev–Trinajstić information content (AvgIpc) is 3.43. The van der Waals surface area contributed by atoms with Crippen LogP contribution in [0.4, 0.5) is 8.78 Å². The van der Waals surface area contributed by atoms with Crippen molar-refractivity contribution in [3.05, 3.63) is 0 Å². The molecule has 0 amide bonds. The first kappa shape index (κ1) is 26.3. The lowest BCUT2D eigenvalue weighted by Gasteiger charge is -2.61. The van der Waals surface area contributed by atoms with E-state index in [4.69, 9.17) is 23.5 Å². The summed E-state index contributed by atoms with van der Waals surface area (Å²) in [7, 11) is -6.08. The molecule has 0 aromatic heterocycles. The van der Waals surface area contributed by atoms with Crippen molar-refractivity contribution in [3.8, 4) is 0 Å². The van der Waals surface area contributed by atoms with Crippen LogP contribution in [0.2, 0.25) is 0 Å². The maximum Gasteiger partial charge on any atom is 0.465 e. The molecule has 0 radical (unpaired) electrons. The zero-order chi connectivity index (χ0) is 27.3. The first-order valence-corrected chi connectivity index (χ1v) is 14.4. The van der Waals surface area contributed by atoms with Gasteiger partial charge in [-0.15, -0.1) is 0 Å². The molecular weight excluding hydrogens is 534 g/mol. The largest absolute Gasteiger partial charge is 0.465 e. The normalized spacial score (nSPS) is 44.4. The summed E-state index contributed by atoms with van der Waals surface area (Å²) in [5.41, 5.74) is -0.652. The molecule has 6 bridgehead atoms. The van der Waals surface area contributed by atoms with E-state index in [0.29, 0.717) is 18.3 Å².